The van der Waals surface area contributed by atoms with Crippen LogP contribution in [0.2, 0.25) is 0 Å². The molecule has 1 aromatic carbocycles. The van der Waals surface area contributed by atoms with Crippen LogP contribution in [0.25, 0.3) is 0 Å². The van der Waals surface area contributed by atoms with Gasteiger partial charge < -0.3 is 30.0 Å². The molecule has 0 aliphatic rings. The van der Waals surface area contributed by atoms with Gasteiger partial charge in [-0.25, -0.2) is 0 Å². The molecule has 0 heterocycles. The lowest BCUT2D eigenvalue weighted by Crippen LogP contribution is -2.28. The van der Waals surface area contributed by atoms with E-state index in [1.165, 1.54) is 0 Å². The van der Waals surface area contributed by atoms with E-state index in [0.717, 1.165) is 24.4 Å². The third-order valence-corrected chi connectivity index (χ3v) is 2.87. The van der Waals surface area contributed by atoms with Crippen molar-refractivity contribution in [3.63, 3.8) is 0 Å². The Hall–Kier alpha value is -0.920. The highest BCUT2D eigenvalue weighted by Crippen LogP contribution is 2.34. The number of hydrogen-bond donors (Lipinski definition) is 3. The number of ether oxygens (including phenoxy) is 3. The maximum atomic E-state index is 8.65. The fraction of sp³-hybridized carbons (Fsp3) is 0.571. The Morgan fingerprint density at radius 1 is 0.818 bits per heavy atom. The van der Waals surface area contributed by atoms with Gasteiger partial charge in [0, 0.05) is 37.8 Å². The molecule has 0 saturated heterocycles. The summed E-state index contributed by atoms with van der Waals surface area (Å²) in [4.78, 5) is 0. The highest BCUT2D eigenvalue weighted by molar-refractivity contribution is 5.85. The summed E-state index contributed by atoms with van der Waals surface area (Å²) in [5.41, 5.74) is 1.01. The summed E-state index contributed by atoms with van der Waals surface area (Å²) in [5.74, 6) is 2.10. The van der Waals surface area contributed by atoms with Crippen LogP contribution in [0.15, 0.2) is 12.1 Å². The molecule has 0 fully saturated rings. The third kappa shape index (κ3) is 7.38. The van der Waals surface area contributed by atoms with Gasteiger partial charge in [0.25, 0.3) is 0 Å². The quantitative estimate of drug-likeness (QED) is 0.547. The van der Waals surface area contributed by atoms with E-state index in [1.807, 2.05) is 12.1 Å². The van der Waals surface area contributed by atoms with Crippen molar-refractivity contribution in [2.45, 2.75) is 6.54 Å². The van der Waals surface area contributed by atoms with Gasteiger partial charge in [-0.05, 0) is 6.07 Å². The summed E-state index contributed by atoms with van der Waals surface area (Å²) in [6.45, 7) is 3.04. The van der Waals surface area contributed by atoms with Crippen LogP contribution in [0.5, 0.6) is 17.2 Å². The van der Waals surface area contributed by atoms with Crippen LogP contribution >= 0.6 is 24.8 Å². The molecule has 1 rings (SSSR count). The molecular formula is C14H26Cl2N2O4. The van der Waals surface area contributed by atoms with Crippen molar-refractivity contribution in [3.05, 3.63) is 17.7 Å². The Morgan fingerprint density at radius 2 is 1.36 bits per heavy atom. The van der Waals surface area contributed by atoms with Crippen LogP contribution in [-0.2, 0) is 6.54 Å². The first-order valence-corrected chi connectivity index (χ1v) is 6.58. The molecule has 0 aliphatic heterocycles. The van der Waals surface area contributed by atoms with Gasteiger partial charge in [-0.1, -0.05) is 0 Å². The predicted octanol–water partition coefficient (Wildman–Crippen LogP) is 1.23. The molecular weight excluding hydrogens is 331 g/mol. The minimum Gasteiger partial charge on any atom is -0.496 e. The maximum absolute atomic E-state index is 8.65. The molecule has 22 heavy (non-hydrogen) atoms. The molecule has 130 valence electrons. The van der Waals surface area contributed by atoms with E-state index in [4.69, 9.17) is 19.3 Å². The van der Waals surface area contributed by atoms with Crippen LogP contribution in [0.1, 0.15) is 5.56 Å². The van der Waals surface area contributed by atoms with Crippen LogP contribution in [0.3, 0.4) is 0 Å². The Bertz CT molecular complexity index is 409. The molecule has 1 aromatic rings. The number of aliphatic hydroxyl groups excluding tert-OH is 1. The van der Waals surface area contributed by atoms with Crippen LogP contribution in [0.4, 0.5) is 0 Å². The first kappa shape index (κ1) is 23.3. The number of halogens is 2. The molecule has 3 N–H and O–H groups in total. The summed E-state index contributed by atoms with van der Waals surface area (Å²) in [6.07, 6.45) is 0. The highest BCUT2D eigenvalue weighted by atomic mass is 35.5. The van der Waals surface area contributed by atoms with Gasteiger partial charge >= 0.3 is 0 Å². The van der Waals surface area contributed by atoms with E-state index < -0.39 is 0 Å². The average molecular weight is 357 g/mol. The topological polar surface area (TPSA) is 72.0 Å². The molecule has 0 amide bonds. The fourth-order valence-corrected chi connectivity index (χ4v) is 1.83. The van der Waals surface area contributed by atoms with Crippen molar-refractivity contribution in [1.82, 2.24) is 10.6 Å². The zero-order valence-corrected chi connectivity index (χ0v) is 14.8. The number of nitrogens with one attached hydrogen (secondary N) is 2. The summed E-state index contributed by atoms with van der Waals surface area (Å²) in [5, 5.41) is 15.1. The predicted molar refractivity (Wildman–Crippen MR) is 92.3 cm³/mol. The van der Waals surface area contributed by atoms with E-state index in [9.17, 15) is 0 Å². The summed E-state index contributed by atoms with van der Waals surface area (Å²) in [7, 11) is 4.84. The third-order valence-electron chi connectivity index (χ3n) is 2.87. The van der Waals surface area contributed by atoms with Crippen molar-refractivity contribution >= 4 is 24.8 Å². The lowest BCUT2D eigenvalue weighted by molar-refractivity contribution is 0.292. The van der Waals surface area contributed by atoms with Gasteiger partial charge in [0.2, 0.25) is 0 Å². The molecule has 0 saturated carbocycles. The van der Waals surface area contributed by atoms with Crippen LogP contribution < -0.4 is 24.8 Å². The molecule has 0 aliphatic carbocycles. The van der Waals surface area contributed by atoms with Gasteiger partial charge in [-0.2, -0.15) is 0 Å². The van der Waals surface area contributed by atoms with Crippen molar-refractivity contribution in [2.75, 3.05) is 47.6 Å². The highest BCUT2D eigenvalue weighted by Gasteiger charge is 2.11. The van der Waals surface area contributed by atoms with Gasteiger partial charge in [0.1, 0.15) is 5.75 Å². The van der Waals surface area contributed by atoms with Gasteiger partial charge in [-0.15, -0.1) is 24.8 Å². The summed E-state index contributed by atoms with van der Waals surface area (Å²) < 4.78 is 15.9. The maximum Gasteiger partial charge on any atom is 0.164 e. The molecule has 0 aromatic heterocycles. The number of aliphatic hydroxyl groups is 1. The smallest absolute Gasteiger partial charge is 0.164 e. The minimum atomic E-state index is 0. The Morgan fingerprint density at radius 3 is 1.91 bits per heavy atom. The van der Waals surface area contributed by atoms with Crippen molar-refractivity contribution in [3.8, 4) is 17.2 Å². The second-order valence-corrected chi connectivity index (χ2v) is 4.17. The average Bonchev–Trinajstić information content (AvgIpc) is 2.49. The van der Waals surface area contributed by atoms with E-state index in [-0.39, 0.29) is 31.4 Å². The van der Waals surface area contributed by atoms with Gasteiger partial charge in [-0.3, -0.25) is 0 Å². The molecule has 0 bridgehead atoms. The Kier molecular flexibility index (Phi) is 14.6. The number of hydrogen-bond acceptors (Lipinski definition) is 6. The molecule has 0 spiro atoms. The van der Waals surface area contributed by atoms with Gasteiger partial charge in [0.15, 0.2) is 11.5 Å². The van der Waals surface area contributed by atoms with Crippen LogP contribution in [0, 0.1) is 0 Å². The van der Waals surface area contributed by atoms with Crippen molar-refractivity contribution in [1.29, 1.82) is 0 Å². The fourth-order valence-electron chi connectivity index (χ4n) is 1.83. The Labute approximate surface area is 144 Å². The van der Waals surface area contributed by atoms with Crippen LogP contribution in [-0.4, -0.2) is 52.7 Å². The monoisotopic (exact) mass is 356 g/mol. The zero-order chi connectivity index (χ0) is 14.8. The van der Waals surface area contributed by atoms with Gasteiger partial charge in [0.05, 0.1) is 27.9 Å². The first-order chi connectivity index (χ1) is 9.76. The molecule has 6 nitrogen and oxygen atoms in total. The normalized spacial score (nSPS) is 9.45. The van der Waals surface area contributed by atoms with E-state index in [1.54, 1.807) is 21.3 Å². The lowest BCUT2D eigenvalue weighted by atomic mass is 10.1. The van der Waals surface area contributed by atoms with Crippen molar-refractivity contribution < 1.29 is 19.3 Å². The zero-order valence-electron chi connectivity index (χ0n) is 13.2. The summed E-state index contributed by atoms with van der Waals surface area (Å²) >= 11 is 0. The minimum absolute atomic E-state index is 0. The number of rotatable bonds is 10. The Balaban J connectivity index is 0. The molecule has 0 atom stereocenters. The largest absolute Gasteiger partial charge is 0.496 e. The van der Waals surface area contributed by atoms with E-state index in [0.29, 0.717) is 24.6 Å². The number of methoxy groups -OCH3 is 3. The van der Waals surface area contributed by atoms with E-state index >= 15 is 0 Å². The SMILES string of the molecule is COc1cc(OC)c(OC)cc1CNCCNCCO.Cl.Cl. The second kappa shape index (κ2) is 13.7. The van der Waals surface area contributed by atoms with Crippen molar-refractivity contribution in [2.24, 2.45) is 0 Å². The van der Waals surface area contributed by atoms with E-state index in [2.05, 4.69) is 10.6 Å². The summed E-state index contributed by atoms with van der Waals surface area (Å²) in [6, 6.07) is 3.73. The standard InChI is InChI=1S/C14H24N2O4.2ClH/c1-18-12-9-14(20-3)13(19-2)8-11(12)10-16-5-4-15-6-7-17;;/h8-9,15-17H,4-7,10H2,1-3H3;2*1H. The number of benzene rings is 1. The lowest BCUT2D eigenvalue weighted by Gasteiger charge is -2.14. The second-order valence-electron chi connectivity index (χ2n) is 4.17. The molecule has 8 heteroatoms. The first-order valence-electron chi connectivity index (χ1n) is 6.58. The molecule has 0 radical (unpaired) electrons. The molecule has 0 unspecified atom stereocenters.